The minimum Gasteiger partial charge on any atom is -0.477 e. The number of aliphatic hydroxyl groups excluding tert-OH is 1. The average molecular weight is 507 g/mol. The molecule has 1 aromatic carbocycles. The minimum atomic E-state index is -1.12. The third-order valence-electron chi connectivity index (χ3n) is 6.57. The van der Waals surface area contributed by atoms with E-state index in [4.69, 9.17) is 9.78 Å². The molecule has 34 heavy (non-hydrogen) atoms. The lowest BCUT2D eigenvalue weighted by Gasteiger charge is -2.44. The molecular formula is C23H26N2O7S2. The Balaban J connectivity index is 1.17. The molecule has 4 aliphatic rings. The van der Waals surface area contributed by atoms with E-state index in [1.807, 2.05) is 25.1 Å². The van der Waals surface area contributed by atoms with E-state index in [0.29, 0.717) is 42.5 Å². The highest BCUT2D eigenvalue weighted by molar-refractivity contribution is 8.23. The SMILES string of the molecule is CC[C@H](O)[C@@H]1C(=O)N2C(C(=O)O)=C(SC3CCN(CC(=O)Cc4ccc5c(c4)COO5)C3)S[C@H]12. The van der Waals surface area contributed by atoms with E-state index in [0.717, 1.165) is 24.1 Å². The van der Waals surface area contributed by atoms with Crippen molar-refractivity contribution in [2.75, 3.05) is 19.6 Å². The Labute approximate surface area is 205 Å². The highest BCUT2D eigenvalue weighted by Gasteiger charge is 2.58. The van der Waals surface area contributed by atoms with Gasteiger partial charge in [-0.1, -0.05) is 24.8 Å². The fourth-order valence-corrected chi connectivity index (χ4v) is 8.12. The van der Waals surface area contributed by atoms with Gasteiger partial charge in [-0.2, -0.15) is 4.89 Å². The summed E-state index contributed by atoms with van der Waals surface area (Å²) >= 11 is 2.84. The number of amides is 1. The summed E-state index contributed by atoms with van der Waals surface area (Å²) in [6, 6.07) is 5.63. The molecule has 11 heteroatoms. The van der Waals surface area contributed by atoms with E-state index >= 15 is 0 Å². The van der Waals surface area contributed by atoms with Gasteiger partial charge in [0.2, 0.25) is 5.91 Å². The van der Waals surface area contributed by atoms with Crippen LogP contribution in [0.5, 0.6) is 5.75 Å². The molecule has 0 aliphatic carbocycles. The number of aliphatic carboxylic acids is 1. The number of ketones is 1. The number of fused-ring (bicyclic) bond motifs is 2. The monoisotopic (exact) mass is 506 g/mol. The van der Waals surface area contributed by atoms with Crippen molar-refractivity contribution in [3.8, 4) is 5.75 Å². The molecule has 0 bridgehead atoms. The normalized spacial score (nSPS) is 26.8. The molecule has 1 aromatic rings. The van der Waals surface area contributed by atoms with Crippen LogP contribution in [0.4, 0.5) is 0 Å². The van der Waals surface area contributed by atoms with Gasteiger partial charge in [-0.25, -0.2) is 4.79 Å². The number of carboxylic acid groups (broad SMARTS) is 1. The summed E-state index contributed by atoms with van der Waals surface area (Å²) in [6.45, 7) is 3.98. The molecule has 4 aliphatic heterocycles. The van der Waals surface area contributed by atoms with Gasteiger partial charge in [0.15, 0.2) is 17.2 Å². The second-order valence-electron chi connectivity index (χ2n) is 8.93. The van der Waals surface area contributed by atoms with Gasteiger partial charge < -0.3 is 15.1 Å². The summed E-state index contributed by atoms with van der Waals surface area (Å²) in [5.41, 5.74) is 1.90. The van der Waals surface area contributed by atoms with Crippen LogP contribution in [0.1, 0.15) is 30.9 Å². The predicted molar refractivity (Wildman–Crippen MR) is 126 cm³/mol. The number of carbonyl (C=O) groups excluding carboxylic acids is 2. The topological polar surface area (TPSA) is 117 Å². The number of hydrogen-bond donors (Lipinski definition) is 2. The second kappa shape index (κ2) is 9.54. The van der Waals surface area contributed by atoms with Gasteiger partial charge in [-0.05, 0) is 37.1 Å². The van der Waals surface area contributed by atoms with Gasteiger partial charge in [-0.3, -0.25) is 19.4 Å². The van der Waals surface area contributed by atoms with E-state index in [2.05, 4.69) is 4.90 Å². The van der Waals surface area contributed by atoms with E-state index in [-0.39, 0.29) is 28.0 Å². The molecule has 5 rings (SSSR count). The first-order valence-electron chi connectivity index (χ1n) is 11.3. The van der Waals surface area contributed by atoms with Crippen LogP contribution < -0.4 is 4.89 Å². The van der Waals surface area contributed by atoms with Crippen molar-refractivity contribution < 1.29 is 34.4 Å². The maximum absolute atomic E-state index is 12.6. The number of benzene rings is 1. The van der Waals surface area contributed by atoms with Gasteiger partial charge in [0.25, 0.3) is 0 Å². The standard InChI is InChI=1S/C23H26N2O7S2/c1-2-16(27)18-20(28)25-19(22(29)30)23(34-21(18)25)33-15-5-6-24(10-15)9-14(26)8-12-3-4-17-13(7-12)11-31-32-17/h3-4,7,15-16,18,21,27H,2,5-6,8-11H2,1H3,(H,29,30)/t15?,16-,18+,21+/m0/s1. The number of rotatable bonds is 9. The van der Waals surface area contributed by atoms with Gasteiger partial charge in [0.05, 0.1) is 22.8 Å². The van der Waals surface area contributed by atoms with Crippen molar-refractivity contribution in [2.24, 2.45) is 5.92 Å². The van der Waals surface area contributed by atoms with Gasteiger partial charge in [0.1, 0.15) is 12.0 Å². The summed E-state index contributed by atoms with van der Waals surface area (Å²) < 4.78 is 0.623. The van der Waals surface area contributed by atoms with E-state index in [9.17, 15) is 24.6 Å². The number of Topliss-reactive ketones (excluding diaryl/α,β-unsaturated/α-hetero) is 1. The molecule has 9 nitrogen and oxygen atoms in total. The smallest absolute Gasteiger partial charge is 0.354 e. The van der Waals surface area contributed by atoms with Gasteiger partial charge in [-0.15, -0.1) is 11.8 Å². The Bertz CT molecular complexity index is 1060. The number of β-lactam (4-membered cyclic amide) rings is 1. The number of aliphatic hydroxyl groups is 1. The van der Waals surface area contributed by atoms with Crippen molar-refractivity contribution >= 4 is 41.2 Å². The van der Waals surface area contributed by atoms with E-state index in [1.165, 1.54) is 28.4 Å². The molecule has 0 aromatic heterocycles. The third-order valence-corrected chi connectivity index (χ3v) is 9.43. The van der Waals surface area contributed by atoms with Crippen LogP contribution in [-0.2, 0) is 32.3 Å². The van der Waals surface area contributed by atoms with Crippen LogP contribution >= 0.6 is 23.5 Å². The van der Waals surface area contributed by atoms with E-state index < -0.39 is 18.0 Å². The second-order valence-corrected chi connectivity index (χ2v) is 11.6. The summed E-state index contributed by atoms with van der Waals surface area (Å²) in [5.74, 6) is -1.18. The maximum atomic E-state index is 12.6. The first-order chi connectivity index (χ1) is 16.4. The zero-order valence-corrected chi connectivity index (χ0v) is 20.3. The molecule has 2 N–H and O–H groups in total. The largest absolute Gasteiger partial charge is 0.477 e. The number of nitrogens with zero attached hydrogens (tertiary/aromatic N) is 2. The number of hydrogen-bond acceptors (Lipinski definition) is 9. The highest BCUT2D eigenvalue weighted by atomic mass is 32.2. The Kier molecular flexibility index (Phi) is 6.64. The average Bonchev–Trinajstić information content (AvgIpc) is 3.51. The van der Waals surface area contributed by atoms with Crippen LogP contribution in [-0.4, -0.2) is 74.0 Å². The molecule has 2 saturated heterocycles. The molecule has 1 amide bonds. The quantitative estimate of drug-likeness (QED) is 0.380. The van der Waals surface area contributed by atoms with Crippen LogP contribution in [0.3, 0.4) is 0 Å². The summed E-state index contributed by atoms with van der Waals surface area (Å²) in [5, 5.41) is 19.7. The molecule has 1 unspecified atom stereocenters. The van der Waals surface area contributed by atoms with Crippen LogP contribution in [0.2, 0.25) is 0 Å². The lowest BCUT2D eigenvalue weighted by molar-refractivity contribution is -0.194. The third kappa shape index (κ3) is 4.35. The van der Waals surface area contributed by atoms with Crippen LogP contribution in [0.15, 0.2) is 28.1 Å². The fraction of sp³-hybridized carbons (Fsp3) is 0.522. The molecule has 4 heterocycles. The molecule has 0 radical (unpaired) electrons. The first-order valence-corrected chi connectivity index (χ1v) is 13.1. The number of thioether (sulfide) groups is 2. The first kappa shape index (κ1) is 23.7. The molecular weight excluding hydrogens is 480 g/mol. The lowest BCUT2D eigenvalue weighted by Crippen LogP contribution is -2.61. The lowest BCUT2D eigenvalue weighted by atomic mass is 9.90. The van der Waals surface area contributed by atoms with Crippen molar-refractivity contribution in [1.29, 1.82) is 0 Å². The van der Waals surface area contributed by atoms with Crippen LogP contribution in [0, 0.1) is 5.92 Å². The Morgan fingerprint density at radius 1 is 1.35 bits per heavy atom. The molecule has 0 spiro atoms. The van der Waals surface area contributed by atoms with Gasteiger partial charge in [0, 0.05) is 23.8 Å². The Morgan fingerprint density at radius 3 is 2.94 bits per heavy atom. The Morgan fingerprint density at radius 2 is 2.18 bits per heavy atom. The van der Waals surface area contributed by atoms with Crippen molar-refractivity contribution in [3.05, 3.63) is 39.3 Å². The summed E-state index contributed by atoms with van der Waals surface area (Å²) in [6.07, 6.45) is 0.859. The molecule has 0 saturated carbocycles. The fourth-order valence-electron chi connectivity index (χ4n) is 4.81. The summed E-state index contributed by atoms with van der Waals surface area (Å²) in [7, 11) is 0. The number of carbonyl (C=O) groups is 3. The Hall–Kier alpha value is -2.05. The van der Waals surface area contributed by atoms with Crippen molar-refractivity contribution in [2.45, 2.75) is 49.5 Å². The molecule has 182 valence electrons. The van der Waals surface area contributed by atoms with Gasteiger partial charge >= 0.3 is 5.97 Å². The van der Waals surface area contributed by atoms with Crippen molar-refractivity contribution in [1.82, 2.24) is 9.80 Å². The predicted octanol–water partition coefficient (Wildman–Crippen LogP) is 1.99. The van der Waals surface area contributed by atoms with E-state index in [1.54, 1.807) is 0 Å². The molecule has 4 atom stereocenters. The molecule has 2 fully saturated rings. The number of likely N-dealkylation sites (tertiary alicyclic amines) is 1. The van der Waals surface area contributed by atoms with Crippen LogP contribution in [0.25, 0.3) is 0 Å². The zero-order valence-electron chi connectivity index (χ0n) is 18.6. The highest BCUT2D eigenvalue weighted by Crippen LogP contribution is 2.55. The number of carboxylic acids is 1. The zero-order chi connectivity index (χ0) is 24.0. The minimum absolute atomic E-state index is 0.0312. The van der Waals surface area contributed by atoms with Crippen molar-refractivity contribution in [3.63, 3.8) is 0 Å². The maximum Gasteiger partial charge on any atom is 0.354 e. The summed E-state index contributed by atoms with van der Waals surface area (Å²) in [4.78, 5) is 50.5.